The molecule has 0 saturated carbocycles. The van der Waals surface area contributed by atoms with Crippen LogP contribution >= 0.6 is 0 Å². The standard InChI is InChI=1S/C26H30F3N7O3S/c1-34-12-14-36(15-13-34)23(37)16-18-8-10-19(11-9-18)31-25-30-17-20(26(27,28)29)24(33-25)32-21-6-4-5-7-22(21)35(2)40(3,38)39/h4-11,17H,12-16H2,1-3H3,(H2,30,31,32,33). The van der Waals surface area contributed by atoms with Crippen LogP contribution in [0.1, 0.15) is 11.1 Å². The minimum absolute atomic E-state index is 0.0393. The number of piperazine rings is 1. The SMILES string of the molecule is CN1CCN(C(=O)Cc2ccc(Nc3ncc(C(F)(F)F)c(Nc4ccccc4N(C)S(C)(=O)=O)n3)cc2)CC1. The van der Waals surface area contributed by atoms with E-state index in [-0.39, 0.29) is 29.7 Å². The number of hydrogen-bond donors (Lipinski definition) is 2. The number of carbonyl (C=O) groups is 1. The van der Waals surface area contributed by atoms with Gasteiger partial charge in [0.2, 0.25) is 21.9 Å². The van der Waals surface area contributed by atoms with Crippen LogP contribution in [0, 0.1) is 0 Å². The molecule has 0 radical (unpaired) electrons. The molecule has 10 nitrogen and oxygen atoms in total. The van der Waals surface area contributed by atoms with Gasteiger partial charge in [-0.25, -0.2) is 13.4 Å². The minimum atomic E-state index is -4.77. The largest absolute Gasteiger partial charge is 0.421 e. The number of nitrogens with zero attached hydrogens (tertiary/aromatic N) is 5. The zero-order valence-electron chi connectivity index (χ0n) is 22.2. The number of benzene rings is 2. The maximum Gasteiger partial charge on any atom is 0.421 e. The van der Waals surface area contributed by atoms with Gasteiger partial charge in [0.05, 0.1) is 24.1 Å². The number of amides is 1. The zero-order chi connectivity index (χ0) is 29.1. The van der Waals surface area contributed by atoms with Crippen molar-refractivity contribution in [3.63, 3.8) is 0 Å². The van der Waals surface area contributed by atoms with Crippen molar-refractivity contribution in [1.29, 1.82) is 0 Å². The second-order valence-corrected chi connectivity index (χ2v) is 11.5. The van der Waals surface area contributed by atoms with E-state index in [1.54, 1.807) is 36.4 Å². The summed E-state index contributed by atoms with van der Waals surface area (Å²) in [6.45, 7) is 3.04. The molecule has 2 N–H and O–H groups in total. The maximum atomic E-state index is 13.8. The number of anilines is 5. The van der Waals surface area contributed by atoms with Crippen LogP contribution in [0.4, 0.5) is 42.0 Å². The quantitative estimate of drug-likeness (QED) is 0.417. The molecule has 0 bridgehead atoms. The van der Waals surface area contributed by atoms with Crippen molar-refractivity contribution in [1.82, 2.24) is 19.8 Å². The normalized spacial score (nSPS) is 14.6. The molecule has 4 rings (SSSR count). The van der Waals surface area contributed by atoms with Gasteiger partial charge in [0, 0.05) is 45.1 Å². The fourth-order valence-corrected chi connectivity index (χ4v) is 4.60. The number of likely N-dealkylation sites (N-methyl/N-ethyl adjacent to an activating group) is 1. The summed E-state index contributed by atoms with van der Waals surface area (Å²) in [5.41, 5.74) is 0.455. The summed E-state index contributed by atoms with van der Waals surface area (Å²) in [7, 11) is -0.359. The number of sulfonamides is 1. The predicted molar refractivity (Wildman–Crippen MR) is 148 cm³/mol. The third-order valence-corrected chi connectivity index (χ3v) is 7.70. The summed E-state index contributed by atoms with van der Waals surface area (Å²) < 4.78 is 66.4. The lowest BCUT2D eigenvalue weighted by molar-refractivity contribution is -0.137. The second kappa shape index (κ2) is 11.7. The molecule has 1 aromatic heterocycles. The number of aromatic nitrogens is 2. The van der Waals surface area contributed by atoms with Gasteiger partial charge in [-0.1, -0.05) is 24.3 Å². The number of rotatable bonds is 8. The molecular formula is C26H30F3N7O3S. The average Bonchev–Trinajstić information content (AvgIpc) is 2.89. The molecule has 0 atom stereocenters. The molecule has 1 fully saturated rings. The first-order valence-electron chi connectivity index (χ1n) is 12.4. The Morgan fingerprint density at radius 1 is 1.02 bits per heavy atom. The Balaban J connectivity index is 1.53. The maximum absolute atomic E-state index is 13.8. The highest BCUT2D eigenvalue weighted by molar-refractivity contribution is 7.92. The Bertz CT molecular complexity index is 1460. The van der Waals surface area contributed by atoms with Crippen LogP contribution in [0.2, 0.25) is 0 Å². The third-order valence-electron chi connectivity index (χ3n) is 6.51. The van der Waals surface area contributed by atoms with E-state index in [9.17, 15) is 26.4 Å². The summed E-state index contributed by atoms with van der Waals surface area (Å²) in [4.78, 5) is 24.5. The average molecular weight is 578 g/mol. The summed E-state index contributed by atoms with van der Waals surface area (Å²) in [5.74, 6) is -0.614. The predicted octanol–water partition coefficient (Wildman–Crippen LogP) is 3.69. The number of hydrogen-bond acceptors (Lipinski definition) is 8. The third kappa shape index (κ3) is 7.18. The van der Waals surface area contributed by atoms with Gasteiger partial charge in [0.1, 0.15) is 11.4 Å². The van der Waals surface area contributed by atoms with Crippen molar-refractivity contribution in [2.24, 2.45) is 0 Å². The van der Waals surface area contributed by atoms with Gasteiger partial charge >= 0.3 is 6.18 Å². The van der Waals surface area contributed by atoms with E-state index in [2.05, 4.69) is 25.5 Å². The van der Waals surface area contributed by atoms with Gasteiger partial charge in [-0.3, -0.25) is 9.10 Å². The first-order chi connectivity index (χ1) is 18.8. The summed E-state index contributed by atoms with van der Waals surface area (Å²) >= 11 is 0. The monoisotopic (exact) mass is 577 g/mol. The van der Waals surface area contributed by atoms with E-state index in [1.807, 2.05) is 11.9 Å². The minimum Gasteiger partial charge on any atom is -0.340 e. The second-order valence-electron chi connectivity index (χ2n) is 9.51. The highest BCUT2D eigenvalue weighted by Crippen LogP contribution is 2.37. The van der Waals surface area contributed by atoms with Crippen molar-refractivity contribution < 1.29 is 26.4 Å². The van der Waals surface area contributed by atoms with Crippen molar-refractivity contribution in [2.75, 3.05) is 61.5 Å². The highest BCUT2D eigenvalue weighted by Gasteiger charge is 2.35. The fraction of sp³-hybridized carbons (Fsp3) is 0.346. The summed E-state index contributed by atoms with van der Waals surface area (Å²) in [6.07, 6.45) is -2.87. The van der Waals surface area contributed by atoms with Crippen LogP contribution < -0.4 is 14.9 Å². The smallest absolute Gasteiger partial charge is 0.340 e. The number of alkyl halides is 3. The topological polar surface area (TPSA) is 111 Å². The summed E-state index contributed by atoms with van der Waals surface area (Å²) in [6, 6.07) is 13.0. The first kappa shape index (κ1) is 29.1. The van der Waals surface area contributed by atoms with Gasteiger partial charge in [-0.05, 0) is 36.9 Å². The van der Waals surface area contributed by atoms with Crippen LogP contribution in [0.15, 0.2) is 54.7 Å². The van der Waals surface area contributed by atoms with E-state index < -0.39 is 27.6 Å². The molecule has 0 aliphatic carbocycles. The Kier molecular flexibility index (Phi) is 8.49. The molecule has 3 aromatic rings. The van der Waals surface area contributed by atoms with Gasteiger partial charge < -0.3 is 20.4 Å². The lowest BCUT2D eigenvalue weighted by Crippen LogP contribution is -2.47. The van der Waals surface area contributed by atoms with E-state index in [1.165, 1.54) is 19.2 Å². The molecule has 214 valence electrons. The van der Waals surface area contributed by atoms with Crippen LogP contribution in [0.25, 0.3) is 0 Å². The Labute approximate surface area is 230 Å². The fourth-order valence-electron chi connectivity index (χ4n) is 4.08. The van der Waals surface area contributed by atoms with Gasteiger partial charge in [0.15, 0.2) is 0 Å². The van der Waals surface area contributed by atoms with Crippen LogP contribution in [-0.2, 0) is 27.4 Å². The van der Waals surface area contributed by atoms with Gasteiger partial charge in [-0.15, -0.1) is 0 Å². The molecule has 0 unspecified atom stereocenters. The highest BCUT2D eigenvalue weighted by atomic mass is 32.2. The van der Waals surface area contributed by atoms with Crippen molar-refractivity contribution >= 4 is 44.8 Å². The number of carbonyl (C=O) groups excluding carboxylic acids is 1. The van der Waals surface area contributed by atoms with Crippen molar-refractivity contribution in [2.45, 2.75) is 12.6 Å². The molecule has 1 aliphatic heterocycles. The molecule has 0 spiro atoms. The number of nitrogens with one attached hydrogen (secondary N) is 2. The number of para-hydroxylation sites is 2. The van der Waals surface area contributed by atoms with E-state index >= 15 is 0 Å². The van der Waals surface area contributed by atoms with Crippen LogP contribution in [-0.4, -0.2) is 80.6 Å². The van der Waals surface area contributed by atoms with Gasteiger partial charge in [-0.2, -0.15) is 18.2 Å². The van der Waals surface area contributed by atoms with Crippen LogP contribution in [0.5, 0.6) is 0 Å². The Hall–Kier alpha value is -3.91. The van der Waals surface area contributed by atoms with E-state index in [0.717, 1.165) is 29.2 Å². The molecule has 1 saturated heterocycles. The zero-order valence-corrected chi connectivity index (χ0v) is 23.1. The molecule has 1 amide bonds. The van der Waals surface area contributed by atoms with Crippen molar-refractivity contribution in [3.05, 3.63) is 65.9 Å². The van der Waals surface area contributed by atoms with Crippen LogP contribution in [0.3, 0.4) is 0 Å². The molecule has 40 heavy (non-hydrogen) atoms. The molecular weight excluding hydrogens is 547 g/mol. The van der Waals surface area contributed by atoms with Crippen molar-refractivity contribution in [3.8, 4) is 0 Å². The molecule has 14 heteroatoms. The van der Waals surface area contributed by atoms with E-state index in [4.69, 9.17) is 0 Å². The van der Waals surface area contributed by atoms with Gasteiger partial charge in [0.25, 0.3) is 0 Å². The Morgan fingerprint density at radius 3 is 2.30 bits per heavy atom. The lowest BCUT2D eigenvalue weighted by atomic mass is 10.1. The molecule has 1 aliphatic rings. The lowest BCUT2D eigenvalue weighted by Gasteiger charge is -2.32. The summed E-state index contributed by atoms with van der Waals surface area (Å²) in [5, 5.41) is 5.51. The Morgan fingerprint density at radius 2 is 1.68 bits per heavy atom. The van der Waals surface area contributed by atoms with E-state index in [0.29, 0.717) is 25.0 Å². The molecule has 2 aromatic carbocycles. The first-order valence-corrected chi connectivity index (χ1v) is 14.2. The number of halogens is 3. The molecule has 2 heterocycles.